The van der Waals surface area contributed by atoms with Crippen LogP contribution in [0.25, 0.3) is 0 Å². The molecule has 0 saturated carbocycles. The normalized spacial score (nSPS) is 23.4. The van der Waals surface area contributed by atoms with Crippen molar-refractivity contribution >= 4 is 33.4 Å². The van der Waals surface area contributed by atoms with Gasteiger partial charge in [0.2, 0.25) is 0 Å². The van der Waals surface area contributed by atoms with Crippen LogP contribution in [0.1, 0.15) is 29.7 Å². The molecule has 0 amide bonds. The molecule has 0 aliphatic carbocycles. The van der Waals surface area contributed by atoms with E-state index >= 15 is 0 Å². The van der Waals surface area contributed by atoms with E-state index in [1.165, 1.54) is 0 Å². The molecule has 3 rings (SSSR count). The zero-order chi connectivity index (χ0) is 13.5. The minimum atomic E-state index is -2.96. The van der Waals surface area contributed by atoms with Gasteiger partial charge in [-0.1, -0.05) is 6.08 Å². The summed E-state index contributed by atoms with van der Waals surface area (Å²) in [4.78, 5) is 0. The van der Waals surface area contributed by atoms with Gasteiger partial charge in [0.05, 0.1) is 17.8 Å². The maximum Gasteiger partial charge on any atom is 0.158 e. The van der Waals surface area contributed by atoms with Crippen LogP contribution in [-0.4, -0.2) is 19.9 Å². The van der Waals surface area contributed by atoms with Crippen molar-refractivity contribution in [1.29, 1.82) is 0 Å². The monoisotopic (exact) mass is 316 g/mol. The molecule has 1 fully saturated rings. The zero-order valence-corrected chi connectivity index (χ0v) is 13.0. The van der Waals surface area contributed by atoms with Gasteiger partial charge in [0.15, 0.2) is 9.84 Å². The Morgan fingerprint density at radius 3 is 2.79 bits per heavy atom. The average Bonchev–Trinajstić information content (AvgIpc) is 3.00. The van der Waals surface area contributed by atoms with Gasteiger partial charge in [-0.05, 0) is 12.8 Å². The maximum atomic E-state index is 11.8. The van der Waals surface area contributed by atoms with Crippen LogP contribution < -0.4 is 0 Å². The first-order valence-corrected chi connectivity index (χ1v) is 10.0. The largest absolute Gasteiger partial charge is 0.466 e. The van der Waals surface area contributed by atoms with Crippen LogP contribution >= 0.6 is 23.5 Å². The molecule has 0 radical (unpaired) electrons. The number of allylic oxidation sites excluding steroid dienone is 1. The summed E-state index contributed by atoms with van der Waals surface area (Å²) in [5.74, 6) is 3.34. The minimum Gasteiger partial charge on any atom is -0.466 e. The second-order valence-electron chi connectivity index (χ2n) is 4.88. The fourth-order valence-electron chi connectivity index (χ4n) is 2.66. The first-order chi connectivity index (χ1) is 9.06. The second kappa shape index (κ2) is 4.90. The predicted octanol–water partition coefficient (Wildman–Crippen LogP) is 3.31. The summed E-state index contributed by atoms with van der Waals surface area (Å²) < 4.78 is 29.2. The van der Waals surface area contributed by atoms with E-state index in [0.717, 1.165) is 41.2 Å². The molecule has 104 valence electrons. The van der Waals surface area contributed by atoms with Crippen molar-refractivity contribution in [3.05, 3.63) is 35.8 Å². The van der Waals surface area contributed by atoms with Crippen molar-refractivity contribution in [3.63, 3.8) is 0 Å². The van der Waals surface area contributed by atoms with Gasteiger partial charge < -0.3 is 4.42 Å². The number of thioether (sulfide) groups is 2. The third-order valence-electron chi connectivity index (χ3n) is 3.50. The molecule has 0 aromatic carbocycles. The smallest absolute Gasteiger partial charge is 0.158 e. The molecule has 0 unspecified atom stereocenters. The molecule has 19 heavy (non-hydrogen) atoms. The molecule has 1 aromatic rings. The summed E-state index contributed by atoms with van der Waals surface area (Å²) in [5, 5.41) is 0. The Labute approximate surface area is 122 Å². The van der Waals surface area contributed by atoms with E-state index < -0.39 is 9.84 Å². The molecular weight excluding hydrogens is 300 g/mol. The molecule has 3 nitrogen and oxygen atoms in total. The summed E-state index contributed by atoms with van der Waals surface area (Å²) in [6.07, 6.45) is 5.43. The number of sulfone groups is 1. The highest BCUT2D eigenvalue weighted by Crippen LogP contribution is 2.57. The van der Waals surface area contributed by atoms with E-state index in [-0.39, 0.29) is 15.6 Å². The summed E-state index contributed by atoms with van der Waals surface area (Å²) in [5.41, 5.74) is 1.78. The van der Waals surface area contributed by atoms with Gasteiger partial charge in [0.1, 0.15) is 9.84 Å². The van der Waals surface area contributed by atoms with E-state index in [4.69, 9.17) is 4.42 Å². The van der Waals surface area contributed by atoms with Gasteiger partial charge in [-0.3, -0.25) is 0 Å². The number of rotatable bonds is 4. The molecule has 0 bridgehead atoms. The van der Waals surface area contributed by atoms with Crippen LogP contribution in [0.2, 0.25) is 0 Å². The quantitative estimate of drug-likeness (QED) is 0.798. The molecule has 3 heterocycles. The summed E-state index contributed by atoms with van der Waals surface area (Å²) in [6, 6.07) is 0. The SMILES string of the molecule is C=CCCC1(c2occ3c2CS(=O)(=O)C3)SCCS1. The molecule has 0 spiro atoms. The van der Waals surface area contributed by atoms with Gasteiger partial charge in [0.25, 0.3) is 0 Å². The van der Waals surface area contributed by atoms with Crippen molar-refractivity contribution < 1.29 is 12.8 Å². The Morgan fingerprint density at radius 2 is 2.11 bits per heavy atom. The Morgan fingerprint density at radius 1 is 1.37 bits per heavy atom. The van der Waals surface area contributed by atoms with Crippen molar-refractivity contribution in [3.8, 4) is 0 Å². The van der Waals surface area contributed by atoms with Crippen LogP contribution in [0.3, 0.4) is 0 Å². The highest BCUT2D eigenvalue weighted by molar-refractivity contribution is 8.20. The summed E-state index contributed by atoms with van der Waals surface area (Å²) in [6.45, 7) is 3.78. The third-order valence-corrected chi connectivity index (χ3v) is 8.47. The molecule has 1 saturated heterocycles. The Kier molecular flexibility index (Phi) is 3.52. The van der Waals surface area contributed by atoms with Crippen LogP contribution in [0.15, 0.2) is 23.3 Å². The van der Waals surface area contributed by atoms with Gasteiger partial charge in [-0.2, -0.15) is 0 Å². The van der Waals surface area contributed by atoms with Gasteiger partial charge in [-0.25, -0.2) is 8.42 Å². The molecular formula is C13H16O3S3. The maximum absolute atomic E-state index is 11.8. The van der Waals surface area contributed by atoms with Crippen LogP contribution in [0.5, 0.6) is 0 Å². The lowest BCUT2D eigenvalue weighted by Crippen LogP contribution is -2.15. The van der Waals surface area contributed by atoms with E-state index in [0.29, 0.717) is 0 Å². The summed E-state index contributed by atoms with van der Waals surface area (Å²) in [7, 11) is -2.96. The van der Waals surface area contributed by atoms with Gasteiger partial charge in [0, 0.05) is 22.6 Å². The molecule has 0 N–H and O–H groups in total. The van der Waals surface area contributed by atoms with Crippen LogP contribution in [-0.2, 0) is 25.4 Å². The fraction of sp³-hybridized carbons (Fsp3) is 0.538. The van der Waals surface area contributed by atoms with Crippen LogP contribution in [0, 0.1) is 0 Å². The lowest BCUT2D eigenvalue weighted by molar-refractivity contribution is 0.480. The van der Waals surface area contributed by atoms with E-state index in [2.05, 4.69) is 6.58 Å². The Hall–Kier alpha value is -0.330. The third kappa shape index (κ3) is 2.38. The Bertz CT molecular complexity index is 595. The van der Waals surface area contributed by atoms with E-state index in [1.807, 2.05) is 29.6 Å². The van der Waals surface area contributed by atoms with Crippen LogP contribution in [0.4, 0.5) is 0 Å². The van der Waals surface area contributed by atoms with Gasteiger partial charge >= 0.3 is 0 Å². The van der Waals surface area contributed by atoms with Crippen molar-refractivity contribution in [1.82, 2.24) is 0 Å². The average molecular weight is 316 g/mol. The zero-order valence-electron chi connectivity index (χ0n) is 10.6. The molecule has 2 aliphatic rings. The number of hydrogen-bond donors (Lipinski definition) is 0. The van der Waals surface area contributed by atoms with Crippen molar-refractivity contribution in [2.24, 2.45) is 0 Å². The summed E-state index contributed by atoms with van der Waals surface area (Å²) >= 11 is 3.76. The first kappa shape index (κ1) is 13.6. The number of furan rings is 1. The minimum absolute atomic E-state index is 0.109. The highest BCUT2D eigenvalue weighted by Gasteiger charge is 2.44. The first-order valence-electron chi connectivity index (χ1n) is 6.25. The number of hydrogen-bond acceptors (Lipinski definition) is 5. The van der Waals surface area contributed by atoms with Gasteiger partial charge in [-0.15, -0.1) is 30.1 Å². The molecule has 2 aliphatic heterocycles. The molecule has 0 atom stereocenters. The molecule has 1 aromatic heterocycles. The van der Waals surface area contributed by atoms with E-state index in [1.54, 1.807) is 6.26 Å². The second-order valence-corrected chi connectivity index (χ2v) is 9.99. The lowest BCUT2D eigenvalue weighted by Gasteiger charge is -2.25. The Balaban J connectivity index is 1.99. The molecule has 6 heteroatoms. The van der Waals surface area contributed by atoms with Crippen molar-refractivity contribution in [2.45, 2.75) is 28.4 Å². The number of fused-ring (bicyclic) bond motifs is 1. The highest BCUT2D eigenvalue weighted by atomic mass is 32.2. The topological polar surface area (TPSA) is 47.3 Å². The lowest BCUT2D eigenvalue weighted by atomic mass is 10.1. The fourth-order valence-corrected chi connectivity index (χ4v) is 7.52. The standard InChI is InChI=1S/C13H16O3S3/c1-2-3-4-13(17-5-6-18-13)12-11-9-19(14,15)8-10(11)7-16-12/h2,7H,1,3-6,8-9H2. The van der Waals surface area contributed by atoms with E-state index in [9.17, 15) is 8.42 Å². The predicted molar refractivity (Wildman–Crippen MR) is 81.1 cm³/mol. The van der Waals surface area contributed by atoms with Crippen molar-refractivity contribution in [2.75, 3.05) is 11.5 Å².